The lowest BCUT2D eigenvalue weighted by Gasteiger charge is -2.14. The Bertz CT molecular complexity index is 328. The maximum absolute atomic E-state index is 5.66. The molecule has 0 spiro atoms. The fourth-order valence-corrected chi connectivity index (χ4v) is 1.40. The minimum absolute atomic E-state index is 0.111. The average molecular weight is 268 g/mol. The van der Waals surface area contributed by atoms with Crippen LogP contribution in [0.5, 0.6) is 5.75 Å². The van der Waals surface area contributed by atoms with Crippen molar-refractivity contribution in [3.8, 4) is 18.1 Å². The number of ether oxygens (including phenoxy) is 1. The molecule has 1 N–H and O–H groups in total. The Morgan fingerprint density at radius 3 is 2.73 bits per heavy atom. The summed E-state index contributed by atoms with van der Waals surface area (Å²) in [5.74, 6) is 3.39. The summed E-state index contributed by atoms with van der Waals surface area (Å²) in [6.07, 6.45) is 5.24. The quantitative estimate of drug-likeness (QED) is 0.654. The molecule has 1 rings (SSSR count). The molecular formula is C12H14BrNO. The molecule has 0 bridgehead atoms. The second kappa shape index (κ2) is 6.49. The van der Waals surface area contributed by atoms with Crippen LogP contribution in [0.2, 0.25) is 0 Å². The summed E-state index contributed by atoms with van der Waals surface area (Å²) < 4.78 is 6.71. The van der Waals surface area contributed by atoms with Gasteiger partial charge in [0.1, 0.15) is 11.9 Å². The summed E-state index contributed by atoms with van der Waals surface area (Å²) in [5.41, 5.74) is 0. The molecule has 1 unspecified atom stereocenters. The lowest BCUT2D eigenvalue weighted by atomic mass is 10.3. The number of benzene rings is 1. The van der Waals surface area contributed by atoms with Gasteiger partial charge < -0.3 is 10.1 Å². The van der Waals surface area contributed by atoms with E-state index in [1.807, 2.05) is 31.2 Å². The van der Waals surface area contributed by atoms with Gasteiger partial charge in [-0.25, -0.2) is 0 Å². The molecule has 0 heterocycles. The second-order valence-corrected chi connectivity index (χ2v) is 4.13. The van der Waals surface area contributed by atoms with Crippen molar-refractivity contribution in [3.05, 3.63) is 28.7 Å². The molecule has 15 heavy (non-hydrogen) atoms. The molecule has 0 fully saturated rings. The lowest BCUT2D eigenvalue weighted by Crippen LogP contribution is -2.29. The highest BCUT2D eigenvalue weighted by molar-refractivity contribution is 9.10. The molecule has 80 valence electrons. The molecule has 0 aliphatic heterocycles. The molecule has 0 saturated carbocycles. The third kappa shape index (κ3) is 4.87. The Hall–Kier alpha value is -0.980. The van der Waals surface area contributed by atoms with E-state index in [0.717, 1.165) is 16.8 Å². The van der Waals surface area contributed by atoms with E-state index in [0.29, 0.717) is 6.54 Å². The van der Waals surface area contributed by atoms with Crippen molar-refractivity contribution in [2.24, 2.45) is 0 Å². The van der Waals surface area contributed by atoms with Crippen LogP contribution in [0.15, 0.2) is 28.7 Å². The first-order valence-electron chi connectivity index (χ1n) is 4.79. The molecule has 1 aromatic rings. The fourth-order valence-electron chi connectivity index (χ4n) is 1.13. The van der Waals surface area contributed by atoms with E-state index in [1.54, 1.807) is 0 Å². The van der Waals surface area contributed by atoms with Crippen molar-refractivity contribution in [2.75, 3.05) is 13.1 Å². The monoisotopic (exact) mass is 267 g/mol. The van der Waals surface area contributed by atoms with Gasteiger partial charge in [-0.2, -0.15) is 0 Å². The number of terminal acetylenes is 1. The first-order valence-corrected chi connectivity index (χ1v) is 5.58. The van der Waals surface area contributed by atoms with Crippen LogP contribution in [0.25, 0.3) is 0 Å². The van der Waals surface area contributed by atoms with Crippen LogP contribution in [0, 0.1) is 12.3 Å². The number of nitrogens with one attached hydrogen (secondary N) is 1. The SMILES string of the molecule is C#CCNCC(C)Oc1ccc(Br)cc1. The van der Waals surface area contributed by atoms with Gasteiger partial charge in [0.2, 0.25) is 0 Å². The average Bonchev–Trinajstić information content (AvgIpc) is 2.22. The van der Waals surface area contributed by atoms with E-state index in [2.05, 4.69) is 27.2 Å². The summed E-state index contributed by atoms with van der Waals surface area (Å²) in [7, 11) is 0. The molecule has 0 aromatic heterocycles. The number of halogens is 1. The minimum Gasteiger partial charge on any atom is -0.489 e. The number of hydrogen-bond donors (Lipinski definition) is 1. The zero-order valence-electron chi connectivity index (χ0n) is 8.66. The maximum atomic E-state index is 5.66. The second-order valence-electron chi connectivity index (χ2n) is 3.22. The first-order chi connectivity index (χ1) is 7.22. The van der Waals surface area contributed by atoms with Gasteiger partial charge in [-0.1, -0.05) is 21.9 Å². The minimum atomic E-state index is 0.111. The predicted octanol–water partition coefficient (Wildman–Crippen LogP) is 2.44. The molecular weight excluding hydrogens is 254 g/mol. The van der Waals surface area contributed by atoms with Gasteiger partial charge in [-0.3, -0.25) is 0 Å². The summed E-state index contributed by atoms with van der Waals surface area (Å²) in [5, 5.41) is 3.10. The molecule has 0 radical (unpaired) electrons. The highest BCUT2D eigenvalue weighted by Gasteiger charge is 2.02. The Balaban J connectivity index is 2.34. The molecule has 1 aromatic carbocycles. The maximum Gasteiger partial charge on any atom is 0.119 e. The summed E-state index contributed by atoms with van der Waals surface area (Å²) in [4.78, 5) is 0. The van der Waals surface area contributed by atoms with Crippen molar-refractivity contribution in [1.29, 1.82) is 0 Å². The van der Waals surface area contributed by atoms with Crippen LogP contribution in [0.4, 0.5) is 0 Å². The van der Waals surface area contributed by atoms with Gasteiger partial charge in [-0.15, -0.1) is 6.42 Å². The van der Waals surface area contributed by atoms with E-state index >= 15 is 0 Å². The van der Waals surface area contributed by atoms with Gasteiger partial charge >= 0.3 is 0 Å². The van der Waals surface area contributed by atoms with E-state index in [9.17, 15) is 0 Å². The Morgan fingerprint density at radius 2 is 2.13 bits per heavy atom. The van der Waals surface area contributed by atoms with E-state index in [1.165, 1.54) is 0 Å². The van der Waals surface area contributed by atoms with Crippen LogP contribution < -0.4 is 10.1 Å². The largest absolute Gasteiger partial charge is 0.489 e. The van der Waals surface area contributed by atoms with Crippen molar-refractivity contribution in [3.63, 3.8) is 0 Å². The third-order valence-electron chi connectivity index (χ3n) is 1.81. The van der Waals surface area contributed by atoms with Crippen LogP contribution in [0.1, 0.15) is 6.92 Å². The molecule has 3 heteroatoms. The van der Waals surface area contributed by atoms with Gasteiger partial charge in [0, 0.05) is 11.0 Å². The summed E-state index contributed by atoms with van der Waals surface area (Å²) >= 11 is 3.37. The zero-order valence-corrected chi connectivity index (χ0v) is 10.3. The van der Waals surface area contributed by atoms with Gasteiger partial charge in [-0.05, 0) is 31.2 Å². The van der Waals surface area contributed by atoms with E-state index < -0.39 is 0 Å². The van der Waals surface area contributed by atoms with Crippen LogP contribution >= 0.6 is 15.9 Å². The van der Waals surface area contributed by atoms with Crippen molar-refractivity contribution >= 4 is 15.9 Å². The van der Waals surface area contributed by atoms with Crippen LogP contribution in [-0.2, 0) is 0 Å². The Kier molecular flexibility index (Phi) is 5.23. The molecule has 2 nitrogen and oxygen atoms in total. The molecule has 0 saturated heterocycles. The van der Waals surface area contributed by atoms with Crippen LogP contribution in [0.3, 0.4) is 0 Å². The van der Waals surface area contributed by atoms with Gasteiger partial charge in [0.25, 0.3) is 0 Å². The topological polar surface area (TPSA) is 21.3 Å². The number of hydrogen-bond acceptors (Lipinski definition) is 2. The van der Waals surface area contributed by atoms with Gasteiger partial charge in [0.05, 0.1) is 6.54 Å². The van der Waals surface area contributed by atoms with Gasteiger partial charge in [0.15, 0.2) is 0 Å². The highest BCUT2D eigenvalue weighted by Crippen LogP contribution is 2.16. The molecule has 1 atom stereocenters. The number of rotatable bonds is 5. The van der Waals surface area contributed by atoms with Crippen molar-refractivity contribution < 1.29 is 4.74 Å². The predicted molar refractivity (Wildman–Crippen MR) is 65.9 cm³/mol. The lowest BCUT2D eigenvalue weighted by molar-refractivity contribution is 0.219. The highest BCUT2D eigenvalue weighted by atomic mass is 79.9. The Morgan fingerprint density at radius 1 is 1.47 bits per heavy atom. The van der Waals surface area contributed by atoms with E-state index in [4.69, 9.17) is 11.2 Å². The van der Waals surface area contributed by atoms with Crippen LogP contribution in [-0.4, -0.2) is 19.2 Å². The van der Waals surface area contributed by atoms with Crippen molar-refractivity contribution in [2.45, 2.75) is 13.0 Å². The van der Waals surface area contributed by atoms with E-state index in [-0.39, 0.29) is 6.10 Å². The zero-order chi connectivity index (χ0) is 11.1. The normalized spacial score (nSPS) is 11.8. The smallest absolute Gasteiger partial charge is 0.119 e. The summed E-state index contributed by atoms with van der Waals surface area (Å²) in [6, 6.07) is 7.78. The third-order valence-corrected chi connectivity index (χ3v) is 2.34. The molecule has 0 amide bonds. The fraction of sp³-hybridized carbons (Fsp3) is 0.333. The standard InChI is InChI=1S/C12H14BrNO/c1-3-8-14-9-10(2)15-12-6-4-11(13)5-7-12/h1,4-7,10,14H,8-9H2,2H3. The summed E-state index contributed by atoms with van der Waals surface area (Å²) in [6.45, 7) is 3.33. The molecule has 0 aliphatic rings. The molecule has 0 aliphatic carbocycles. The first kappa shape index (κ1) is 12.1. The van der Waals surface area contributed by atoms with Crippen molar-refractivity contribution in [1.82, 2.24) is 5.32 Å². The Labute approximate surface area is 99.2 Å².